The fourth-order valence-corrected chi connectivity index (χ4v) is 0.650. The second-order valence-electron chi connectivity index (χ2n) is 1.89. The zero-order chi connectivity index (χ0) is 5.28. The molecule has 1 radical (unpaired) electrons. The van der Waals surface area contributed by atoms with Crippen LogP contribution in [0.5, 0.6) is 0 Å². The smallest absolute Gasteiger partial charge is 0.00860 e. The van der Waals surface area contributed by atoms with Gasteiger partial charge in [-0.1, -0.05) is 11.6 Å². The van der Waals surface area contributed by atoms with Crippen LogP contribution in [0.4, 0.5) is 0 Å². The summed E-state index contributed by atoms with van der Waals surface area (Å²) in [5.74, 6) is 0. The number of hydrogen-bond donors (Lipinski definition) is 0. The van der Waals surface area contributed by atoms with E-state index in [4.69, 9.17) is 0 Å². The first-order valence-electron chi connectivity index (χ1n) is 2.55. The lowest BCUT2D eigenvalue weighted by molar-refractivity contribution is 1.36. The van der Waals surface area contributed by atoms with Crippen LogP contribution in [0.2, 0.25) is 0 Å². The minimum absolute atomic E-state index is 1.03. The summed E-state index contributed by atoms with van der Waals surface area (Å²) in [5, 5.41) is 0. The van der Waals surface area contributed by atoms with Gasteiger partial charge in [0.25, 0.3) is 0 Å². The molecule has 0 saturated heterocycles. The lowest BCUT2D eigenvalue weighted by Gasteiger charge is -1.87. The maximum Gasteiger partial charge on any atom is -0.00860 e. The van der Waals surface area contributed by atoms with Crippen molar-refractivity contribution in [1.82, 2.24) is 0 Å². The van der Waals surface area contributed by atoms with Crippen LogP contribution in [-0.4, -0.2) is 0 Å². The van der Waals surface area contributed by atoms with Gasteiger partial charge >= 0.3 is 0 Å². The Labute approximate surface area is 44.5 Å². The van der Waals surface area contributed by atoms with Gasteiger partial charge in [-0.05, 0) is 31.9 Å². The molecular formula is C7H9. The quantitative estimate of drug-likeness (QED) is 0.430. The summed E-state index contributed by atoms with van der Waals surface area (Å²) in [5.41, 5.74) is 2.71. The van der Waals surface area contributed by atoms with Crippen LogP contribution in [0.25, 0.3) is 0 Å². The van der Waals surface area contributed by atoms with Gasteiger partial charge in [0.05, 0.1) is 0 Å². The van der Waals surface area contributed by atoms with Crippen molar-refractivity contribution in [2.24, 2.45) is 0 Å². The minimum Gasteiger partial charge on any atom is -0.0769 e. The molecule has 0 aliphatic heterocycles. The summed E-state index contributed by atoms with van der Waals surface area (Å²) >= 11 is 0. The second kappa shape index (κ2) is 1.53. The van der Waals surface area contributed by atoms with Crippen molar-refractivity contribution in [3.63, 3.8) is 0 Å². The largest absolute Gasteiger partial charge is 0.0769 e. The Morgan fingerprint density at radius 2 is 2.29 bits per heavy atom. The molecule has 0 aromatic rings. The van der Waals surface area contributed by atoms with Gasteiger partial charge in [-0.15, -0.1) is 0 Å². The van der Waals surface area contributed by atoms with Crippen LogP contribution in [0.15, 0.2) is 17.2 Å². The molecule has 0 nitrogen and oxygen atoms in total. The molecule has 0 saturated carbocycles. The summed E-state index contributed by atoms with van der Waals surface area (Å²) in [4.78, 5) is 0. The normalized spacial score (nSPS) is 19.1. The van der Waals surface area contributed by atoms with Crippen LogP contribution in [0, 0.1) is 6.08 Å². The third-order valence-corrected chi connectivity index (χ3v) is 1.37. The van der Waals surface area contributed by atoms with E-state index in [0.717, 1.165) is 6.42 Å². The molecule has 1 aliphatic carbocycles. The molecule has 0 N–H and O–H groups in total. The fraction of sp³-hybridized carbons (Fsp3) is 0.429. The third-order valence-electron chi connectivity index (χ3n) is 1.37. The van der Waals surface area contributed by atoms with Crippen molar-refractivity contribution in [1.29, 1.82) is 0 Å². The van der Waals surface area contributed by atoms with E-state index in [9.17, 15) is 0 Å². The third kappa shape index (κ3) is 0.738. The molecular weight excluding hydrogens is 84.1 g/mol. The molecule has 0 heterocycles. The van der Waals surface area contributed by atoms with Gasteiger partial charge in [0.2, 0.25) is 0 Å². The van der Waals surface area contributed by atoms with E-state index in [1.807, 2.05) is 0 Å². The predicted octanol–water partition coefficient (Wildman–Crippen LogP) is 2.09. The van der Waals surface area contributed by atoms with Gasteiger partial charge in [-0.3, -0.25) is 0 Å². The fourth-order valence-electron chi connectivity index (χ4n) is 0.650. The van der Waals surface area contributed by atoms with Gasteiger partial charge in [0.15, 0.2) is 0 Å². The number of hydrogen-bond acceptors (Lipinski definition) is 0. The average molecular weight is 93.1 g/mol. The van der Waals surface area contributed by atoms with Crippen LogP contribution in [-0.2, 0) is 0 Å². The van der Waals surface area contributed by atoms with Crippen molar-refractivity contribution in [3.05, 3.63) is 23.3 Å². The highest BCUT2D eigenvalue weighted by molar-refractivity contribution is 5.30. The lowest BCUT2D eigenvalue weighted by atomic mass is 10.2. The Morgan fingerprint density at radius 3 is 2.43 bits per heavy atom. The highest BCUT2D eigenvalue weighted by Gasteiger charge is 1.96. The summed E-state index contributed by atoms with van der Waals surface area (Å²) < 4.78 is 0. The van der Waals surface area contributed by atoms with Crippen molar-refractivity contribution in [2.45, 2.75) is 20.3 Å². The number of rotatable bonds is 0. The van der Waals surface area contributed by atoms with E-state index in [0.29, 0.717) is 0 Å². The Bertz CT molecular complexity index is 111. The Kier molecular flexibility index (Phi) is 1.01. The van der Waals surface area contributed by atoms with Gasteiger partial charge in [-0.2, -0.15) is 0 Å². The highest BCUT2D eigenvalue weighted by Crippen LogP contribution is 2.15. The molecule has 0 atom stereocenters. The maximum absolute atomic E-state index is 3.19. The first-order chi connectivity index (χ1) is 3.30. The first kappa shape index (κ1) is 4.63. The Hall–Kier alpha value is -0.520. The SMILES string of the molecule is CC1=[C]CC=C1C. The van der Waals surface area contributed by atoms with Crippen LogP contribution >= 0.6 is 0 Å². The van der Waals surface area contributed by atoms with E-state index in [1.165, 1.54) is 11.1 Å². The molecule has 0 aromatic carbocycles. The molecule has 37 valence electrons. The van der Waals surface area contributed by atoms with Gasteiger partial charge in [0, 0.05) is 0 Å². The van der Waals surface area contributed by atoms with E-state index in [-0.39, 0.29) is 0 Å². The summed E-state index contributed by atoms with van der Waals surface area (Å²) in [6, 6.07) is 0. The van der Waals surface area contributed by atoms with Gasteiger partial charge < -0.3 is 0 Å². The van der Waals surface area contributed by atoms with Gasteiger partial charge in [-0.25, -0.2) is 0 Å². The van der Waals surface area contributed by atoms with E-state index in [1.54, 1.807) is 0 Å². The van der Waals surface area contributed by atoms with Crippen molar-refractivity contribution >= 4 is 0 Å². The molecule has 0 aromatic heterocycles. The second-order valence-corrected chi connectivity index (χ2v) is 1.89. The molecule has 0 bridgehead atoms. The standard InChI is InChI=1S/C7H9/c1-6-4-3-5-7(6)2/h4H,3H2,1-2H3. The van der Waals surface area contributed by atoms with Gasteiger partial charge in [0.1, 0.15) is 0 Å². The molecule has 1 rings (SSSR count). The van der Waals surface area contributed by atoms with Crippen molar-refractivity contribution in [3.8, 4) is 0 Å². The molecule has 0 fully saturated rings. The van der Waals surface area contributed by atoms with E-state index < -0.39 is 0 Å². The minimum atomic E-state index is 1.03. The zero-order valence-corrected chi connectivity index (χ0v) is 4.78. The molecule has 0 amide bonds. The topological polar surface area (TPSA) is 0 Å². The molecule has 1 aliphatic rings. The average Bonchev–Trinajstić information content (AvgIpc) is 1.91. The van der Waals surface area contributed by atoms with Crippen LogP contribution in [0.3, 0.4) is 0 Å². The van der Waals surface area contributed by atoms with Crippen LogP contribution in [0.1, 0.15) is 20.3 Å². The lowest BCUT2D eigenvalue weighted by Crippen LogP contribution is -1.67. The Balaban J connectivity index is 2.78. The Morgan fingerprint density at radius 1 is 1.57 bits per heavy atom. The highest BCUT2D eigenvalue weighted by atomic mass is 14.0. The van der Waals surface area contributed by atoms with Crippen molar-refractivity contribution < 1.29 is 0 Å². The predicted molar refractivity (Wildman–Crippen MR) is 30.8 cm³/mol. The first-order valence-corrected chi connectivity index (χ1v) is 2.55. The number of allylic oxidation sites excluding steroid dienone is 4. The van der Waals surface area contributed by atoms with Crippen LogP contribution < -0.4 is 0 Å². The van der Waals surface area contributed by atoms with E-state index in [2.05, 4.69) is 26.0 Å². The zero-order valence-electron chi connectivity index (χ0n) is 4.78. The van der Waals surface area contributed by atoms with Crippen molar-refractivity contribution in [2.75, 3.05) is 0 Å². The molecule has 7 heavy (non-hydrogen) atoms. The van der Waals surface area contributed by atoms with E-state index >= 15 is 0 Å². The maximum atomic E-state index is 3.19. The summed E-state index contributed by atoms with van der Waals surface area (Å²) in [7, 11) is 0. The molecule has 0 heteroatoms. The monoisotopic (exact) mass is 93.1 g/mol. The summed E-state index contributed by atoms with van der Waals surface area (Å²) in [6.45, 7) is 4.22. The summed E-state index contributed by atoms with van der Waals surface area (Å²) in [6.07, 6.45) is 6.41. The molecule has 0 spiro atoms. The molecule has 0 unspecified atom stereocenters.